The number of fused-ring (bicyclic) bond motifs is 1. The number of ether oxygens (including phenoxy) is 1. The van der Waals surface area contributed by atoms with Crippen LogP contribution in [0.3, 0.4) is 0 Å². The number of hydrogen-bond donors (Lipinski definition) is 2. The summed E-state index contributed by atoms with van der Waals surface area (Å²) < 4.78 is 44.1. The van der Waals surface area contributed by atoms with Crippen LogP contribution >= 0.6 is 11.6 Å². The molecule has 0 saturated carbocycles. The highest BCUT2D eigenvalue weighted by atomic mass is 35.5. The van der Waals surface area contributed by atoms with Gasteiger partial charge in [0.2, 0.25) is 5.28 Å². The molecule has 1 atom stereocenters. The number of alkyl halides is 3. The molecule has 13 heteroatoms. The Balaban J connectivity index is 1.63. The minimum atomic E-state index is -4.83. The van der Waals surface area contributed by atoms with Gasteiger partial charge in [0, 0.05) is 18.6 Å². The molecule has 0 aliphatic carbocycles. The molecule has 178 valence electrons. The van der Waals surface area contributed by atoms with Gasteiger partial charge in [-0.2, -0.15) is 5.10 Å². The van der Waals surface area contributed by atoms with Crippen molar-refractivity contribution in [1.29, 1.82) is 0 Å². The molecule has 3 aromatic heterocycles. The van der Waals surface area contributed by atoms with Crippen molar-refractivity contribution in [3.05, 3.63) is 71.5 Å². The highest BCUT2D eigenvalue weighted by Crippen LogP contribution is 2.29. The number of imidazole rings is 1. The Hall–Kier alpha value is -3.64. The number of benzene rings is 1. The van der Waals surface area contributed by atoms with Gasteiger partial charge in [-0.1, -0.05) is 12.1 Å². The van der Waals surface area contributed by atoms with E-state index >= 15 is 0 Å². The van der Waals surface area contributed by atoms with E-state index < -0.39 is 29.7 Å². The van der Waals surface area contributed by atoms with Gasteiger partial charge in [0.1, 0.15) is 17.1 Å². The minimum Gasteiger partial charge on any atom is -0.406 e. The fourth-order valence-corrected chi connectivity index (χ4v) is 3.55. The van der Waals surface area contributed by atoms with Crippen molar-refractivity contribution in [2.24, 2.45) is 0 Å². The fourth-order valence-electron chi connectivity index (χ4n) is 3.35. The summed E-state index contributed by atoms with van der Waals surface area (Å²) in [5, 5.41) is 17.7. The van der Waals surface area contributed by atoms with E-state index in [0.29, 0.717) is 11.4 Å². The van der Waals surface area contributed by atoms with Crippen LogP contribution in [0.25, 0.3) is 11.5 Å². The van der Waals surface area contributed by atoms with Gasteiger partial charge < -0.3 is 15.2 Å². The van der Waals surface area contributed by atoms with Crippen molar-refractivity contribution in [1.82, 2.24) is 29.5 Å². The van der Waals surface area contributed by atoms with E-state index in [1.807, 2.05) is 0 Å². The molecule has 0 spiro atoms. The van der Waals surface area contributed by atoms with Gasteiger partial charge in [-0.25, -0.2) is 14.5 Å². The van der Waals surface area contributed by atoms with E-state index in [1.54, 1.807) is 18.5 Å². The minimum absolute atomic E-state index is 0.115. The number of hydrogen-bond acceptors (Lipinski definition) is 6. The first-order valence-electron chi connectivity index (χ1n) is 9.85. The summed E-state index contributed by atoms with van der Waals surface area (Å²) in [4.78, 5) is 21.5. The first-order chi connectivity index (χ1) is 15.9. The number of amides is 1. The van der Waals surface area contributed by atoms with E-state index in [1.165, 1.54) is 47.5 Å². The quantitative estimate of drug-likeness (QED) is 0.423. The second kappa shape index (κ2) is 8.61. The number of rotatable bonds is 6. The Morgan fingerprint density at radius 3 is 2.47 bits per heavy atom. The van der Waals surface area contributed by atoms with Crippen LogP contribution in [0.2, 0.25) is 5.28 Å². The van der Waals surface area contributed by atoms with Crippen LogP contribution in [0.15, 0.2) is 55.1 Å². The molecule has 0 aliphatic heterocycles. The summed E-state index contributed by atoms with van der Waals surface area (Å²) in [7, 11) is 0. The summed E-state index contributed by atoms with van der Waals surface area (Å²) in [6, 6.07) is 5.53. The largest absolute Gasteiger partial charge is 0.573 e. The van der Waals surface area contributed by atoms with Gasteiger partial charge in [-0.3, -0.25) is 9.36 Å². The lowest BCUT2D eigenvalue weighted by atomic mass is 9.91. The summed E-state index contributed by atoms with van der Waals surface area (Å²) in [5.41, 5.74) is -0.758. The molecule has 9 nitrogen and oxygen atoms in total. The van der Waals surface area contributed by atoms with Crippen molar-refractivity contribution in [2.45, 2.75) is 31.9 Å². The van der Waals surface area contributed by atoms with Crippen LogP contribution < -0.4 is 10.1 Å². The maximum atomic E-state index is 13.1. The molecular formula is C21H18ClF3N6O3. The van der Waals surface area contributed by atoms with Gasteiger partial charge in [0.15, 0.2) is 5.65 Å². The van der Waals surface area contributed by atoms with Crippen LogP contribution in [-0.4, -0.2) is 47.1 Å². The molecule has 0 radical (unpaired) electrons. The third kappa shape index (κ3) is 4.97. The molecule has 0 bridgehead atoms. The SMILES string of the molecule is CC(C)(O)[C@@H](NC(=O)c1cnn2ccc(-n3ccnc3Cl)nc12)c1ccc(OC(F)(F)F)cc1. The highest BCUT2D eigenvalue weighted by molar-refractivity contribution is 6.28. The monoisotopic (exact) mass is 494 g/mol. The van der Waals surface area contributed by atoms with Gasteiger partial charge >= 0.3 is 6.36 Å². The topological polar surface area (TPSA) is 107 Å². The predicted octanol–water partition coefficient (Wildman–Crippen LogP) is 3.71. The third-order valence-electron chi connectivity index (χ3n) is 4.87. The third-order valence-corrected chi connectivity index (χ3v) is 5.15. The predicted molar refractivity (Wildman–Crippen MR) is 115 cm³/mol. The molecule has 4 rings (SSSR count). The number of nitrogens with zero attached hydrogens (tertiary/aromatic N) is 5. The molecule has 0 aliphatic rings. The average Bonchev–Trinajstić information content (AvgIpc) is 3.36. The fraction of sp³-hybridized carbons (Fsp3) is 0.238. The molecule has 1 aromatic carbocycles. The zero-order valence-electron chi connectivity index (χ0n) is 17.8. The number of carbonyl (C=O) groups is 1. The standard InChI is InChI=1S/C21H18ClF3N6O3/c1-20(2,33)16(12-3-5-13(6-4-12)34-21(23,24)25)29-18(32)14-11-27-31-9-7-15(28-17(14)31)30-10-8-26-19(30)22/h3-11,16,33H,1-2H3,(H,29,32)/t16-/m0/s1. The number of aromatic nitrogens is 5. The van der Waals surface area contributed by atoms with E-state index in [0.717, 1.165) is 12.1 Å². The maximum Gasteiger partial charge on any atom is 0.573 e. The molecule has 0 saturated heterocycles. The van der Waals surface area contributed by atoms with E-state index in [9.17, 15) is 23.1 Å². The van der Waals surface area contributed by atoms with Gasteiger partial charge in [-0.15, -0.1) is 13.2 Å². The maximum absolute atomic E-state index is 13.1. The van der Waals surface area contributed by atoms with Crippen LogP contribution in [0.1, 0.15) is 35.8 Å². The van der Waals surface area contributed by atoms with Crippen molar-refractivity contribution in [2.75, 3.05) is 0 Å². The van der Waals surface area contributed by atoms with Crippen molar-refractivity contribution >= 4 is 23.2 Å². The molecule has 4 aromatic rings. The summed E-state index contributed by atoms with van der Waals surface area (Å²) in [6.07, 6.45) is 1.18. The number of aliphatic hydroxyl groups is 1. The average molecular weight is 495 g/mol. The Morgan fingerprint density at radius 1 is 1.18 bits per heavy atom. The molecule has 0 fully saturated rings. The van der Waals surface area contributed by atoms with Gasteiger partial charge in [-0.05, 0) is 49.2 Å². The zero-order valence-corrected chi connectivity index (χ0v) is 18.5. The van der Waals surface area contributed by atoms with Crippen LogP contribution in [0.4, 0.5) is 13.2 Å². The molecule has 1 amide bonds. The van der Waals surface area contributed by atoms with Crippen molar-refractivity contribution < 1.29 is 27.8 Å². The molecule has 2 N–H and O–H groups in total. The summed E-state index contributed by atoms with van der Waals surface area (Å²) in [5.74, 6) is -0.613. The second-order valence-corrected chi connectivity index (χ2v) is 8.19. The first kappa shape index (κ1) is 23.5. The van der Waals surface area contributed by atoms with E-state index in [-0.39, 0.29) is 16.5 Å². The van der Waals surface area contributed by atoms with E-state index in [4.69, 9.17) is 11.6 Å². The van der Waals surface area contributed by atoms with Gasteiger partial charge in [0.05, 0.1) is 17.8 Å². The second-order valence-electron chi connectivity index (χ2n) is 7.86. The Bertz CT molecular complexity index is 1330. The Morgan fingerprint density at radius 2 is 1.88 bits per heavy atom. The lowest BCUT2D eigenvalue weighted by molar-refractivity contribution is -0.274. The summed E-state index contributed by atoms with van der Waals surface area (Å²) in [6.45, 7) is 2.93. The molecule has 0 unspecified atom stereocenters. The van der Waals surface area contributed by atoms with E-state index in [2.05, 4.69) is 25.1 Å². The van der Waals surface area contributed by atoms with Crippen LogP contribution in [-0.2, 0) is 0 Å². The number of nitrogens with one attached hydrogen (secondary N) is 1. The first-order valence-corrected chi connectivity index (χ1v) is 10.2. The number of carbonyl (C=O) groups excluding carboxylic acids is 1. The Kier molecular flexibility index (Phi) is 5.96. The number of halogens is 4. The highest BCUT2D eigenvalue weighted by Gasteiger charge is 2.33. The smallest absolute Gasteiger partial charge is 0.406 e. The van der Waals surface area contributed by atoms with Crippen molar-refractivity contribution in [3.8, 4) is 11.6 Å². The molecule has 34 heavy (non-hydrogen) atoms. The molecular weight excluding hydrogens is 477 g/mol. The summed E-state index contributed by atoms with van der Waals surface area (Å²) >= 11 is 6.05. The Labute approximate surface area is 195 Å². The van der Waals surface area contributed by atoms with Crippen LogP contribution in [0, 0.1) is 0 Å². The van der Waals surface area contributed by atoms with Crippen molar-refractivity contribution in [3.63, 3.8) is 0 Å². The lowest BCUT2D eigenvalue weighted by Crippen LogP contribution is -2.42. The lowest BCUT2D eigenvalue weighted by Gasteiger charge is -2.30. The van der Waals surface area contributed by atoms with Crippen LogP contribution in [0.5, 0.6) is 5.75 Å². The molecule has 3 heterocycles. The normalized spacial score (nSPS) is 13.1. The zero-order chi connectivity index (χ0) is 24.7. The van der Waals surface area contributed by atoms with Gasteiger partial charge in [0.25, 0.3) is 5.91 Å².